The number of hydrogen-bond acceptors (Lipinski definition) is 7. The third-order valence-corrected chi connectivity index (χ3v) is 7.90. The number of aromatic nitrogens is 2. The molecule has 1 saturated heterocycles. The molecule has 150 valence electrons. The number of nitrogens with one attached hydrogen (secondary N) is 1. The monoisotopic (exact) mass is 436 g/mol. The van der Waals surface area contributed by atoms with Gasteiger partial charge < -0.3 is 16.8 Å². The molecule has 1 unspecified atom stereocenters. The maximum atomic E-state index is 12.1. The van der Waals surface area contributed by atoms with Gasteiger partial charge in [0.15, 0.2) is 5.96 Å². The highest BCUT2D eigenvalue weighted by Crippen LogP contribution is 2.39. The van der Waals surface area contributed by atoms with E-state index in [-0.39, 0.29) is 11.9 Å². The van der Waals surface area contributed by atoms with Gasteiger partial charge in [-0.3, -0.25) is 4.79 Å². The van der Waals surface area contributed by atoms with Crippen molar-refractivity contribution >= 4 is 49.9 Å². The summed E-state index contributed by atoms with van der Waals surface area (Å²) >= 11 is 1.35. The molecule has 1 amide bonds. The summed E-state index contributed by atoms with van der Waals surface area (Å²) in [4.78, 5) is 24.9. The molecule has 0 bridgehead atoms. The standard InChI is InChI=1S/C18H24N6OS3/c19-17(20)24-18-23-15(11-26-18)14-6-3-4-12(22-14)10-21-16(25)7-2-1-5-13-8-9-27-28-13/h3-4,6,11,13H,1-2,5,7-10H2,(H,21,25)(H4,19,20,23,24). The Morgan fingerprint density at radius 2 is 2.14 bits per heavy atom. The molecule has 28 heavy (non-hydrogen) atoms. The van der Waals surface area contributed by atoms with E-state index in [1.807, 2.05) is 45.2 Å². The molecule has 3 heterocycles. The number of amides is 1. The van der Waals surface area contributed by atoms with E-state index in [9.17, 15) is 4.79 Å². The molecule has 3 rings (SSSR count). The van der Waals surface area contributed by atoms with Crippen molar-refractivity contribution in [2.45, 2.75) is 43.9 Å². The molecule has 0 saturated carbocycles. The minimum atomic E-state index is -0.0220. The molecule has 10 heteroatoms. The molecule has 0 spiro atoms. The van der Waals surface area contributed by atoms with Crippen LogP contribution in [-0.2, 0) is 11.3 Å². The van der Waals surface area contributed by atoms with Gasteiger partial charge in [0, 0.05) is 22.8 Å². The molecule has 0 aliphatic carbocycles. The summed E-state index contributed by atoms with van der Waals surface area (Å²) in [6.07, 6.45) is 5.13. The molecule has 5 N–H and O–H groups in total. The summed E-state index contributed by atoms with van der Waals surface area (Å²) in [6.45, 7) is 0.409. The Morgan fingerprint density at radius 3 is 2.93 bits per heavy atom. The molecule has 1 aliphatic heterocycles. The van der Waals surface area contributed by atoms with Crippen molar-refractivity contribution in [1.29, 1.82) is 0 Å². The summed E-state index contributed by atoms with van der Waals surface area (Å²) in [7, 11) is 3.96. The highest BCUT2D eigenvalue weighted by atomic mass is 33.1. The number of guanidine groups is 1. The van der Waals surface area contributed by atoms with Crippen molar-refractivity contribution in [1.82, 2.24) is 15.3 Å². The zero-order valence-electron chi connectivity index (χ0n) is 15.5. The zero-order valence-corrected chi connectivity index (χ0v) is 17.9. The minimum Gasteiger partial charge on any atom is -0.370 e. The number of thiazole rings is 1. The number of unbranched alkanes of at least 4 members (excludes halogenated alkanes) is 1. The first-order valence-electron chi connectivity index (χ1n) is 9.16. The number of pyridine rings is 1. The summed E-state index contributed by atoms with van der Waals surface area (Å²) in [6, 6.07) is 5.67. The van der Waals surface area contributed by atoms with Gasteiger partial charge in [-0.1, -0.05) is 34.1 Å². The van der Waals surface area contributed by atoms with Gasteiger partial charge in [-0.2, -0.15) is 4.99 Å². The molecular formula is C18H24N6OS3. The Bertz CT molecular complexity index is 815. The van der Waals surface area contributed by atoms with Gasteiger partial charge in [-0.25, -0.2) is 9.97 Å². The second-order valence-corrected chi connectivity index (χ2v) is 10.0. The maximum Gasteiger partial charge on any atom is 0.220 e. The predicted octanol–water partition coefficient (Wildman–Crippen LogP) is 3.44. The molecule has 1 atom stereocenters. The molecule has 1 fully saturated rings. The van der Waals surface area contributed by atoms with E-state index in [2.05, 4.69) is 20.3 Å². The first-order valence-corrected chi connectivity index (χ1v) is 12.4. The van der Waals surface area contributed by atoms with E-state index in [0.717, 1.165) is 29.5 Å². The second kappa shape index (κ2) is 10.7. The quantitative estimate of drug-likeness (QED) is 0.238. The predicted molar refractivity (Wildman–Crippen MR) is 120 cm³/mol. The normalized spacial score (nSPS) is 16.1. The van der Waals surface area contributed by atoms with Crippen LogP contribution in [0.2, 0.25) is 0 Å². The van der Waals surface area contributed by atoms with Crippen LogP contribution in [0.15, 0.2) is 28.6 Å². The van der Waals surface area contributed by atoms with Gasteiger partial charge >= 0.3 is 0 Å². The molecule has 0 aromatic carbocycles. The second-order valence-electron chi connectivity index (χ2n) is 6.42. The Hall–Kier alpha value is -1.78. The average molecular weight is 437 g/mol. The zero-order chi connectivity index (χ0) is 19.8. The van der Waals surface area contributed by atoms with Crippen LogP contribution in [0.1, 0.15) is 37.8 Å². The van der Waals surface area contributed by atoms with Crippen molar-refractivity contribution in [3.8, 4) is 11.4 Å². The van der Waals surface area contributed by atoms with Crippen molar-refractivity contribution < 1.29 is 4.79 Å². The van der Waals surface area contributed by atoms with Crippen LogP contribution < -0.4 is 16.8 Å². The summed E-state index contributed by atoms with van der Waals surface area (Å²) in [5.74, 6) is 1.31. The van der Waals surface area contributed by atoms with Crippen molar-refractivity contribution in [2.75, 3.05) is 5.75 Å². The van der Waals surface area contributed by atoms with Crippen LogP contribution in [-0.4, -0.2) is 32.8 Å². The average Bonchev–Trinajstić information content (AvgIpc) is 3.35. The topological polar surface area (TPSA) is 119 Å². The lowest BCUT2D eigenvalue weighted by Crippen LogP contribution is -2.23. The molecule has 1 aliphatic rings. The summed E-state index contributed by atoms with van der Waals surface area (Å²) in [5.41, 5.74) is 13.0. The van der Waals surface area contributed by atoms with Crippen LogP contribution in [0.25, 0.3) is 11.4 Å². The molecular weight excluding hydrogens is 412 g/mol. The van der Waals surface area contributed by atoms with E-state index in [4.69, 9.17) is 11.5 Å². The third kappa shape index (κ3) is 6.68. The van der Waals surface area contributed by atoms with Gasteiger partial charge in [0.1, 0.15) is 5.69 Å². The van der Waals surface area contributed by atoms with Crippen LogP contribution in [0.3, 0.4) is 0 Å². The first-order chi connectivity index (χ1) is 13.6. The lowest BCUT2D eigenvalue weighted by Gasteiger charge is -2.08. The van der Waals surface area contributed by atoms with E-state index >= 15 is 0 Å². The minimum absolute atomic E-state index is 0.0220. The lowest BCUT2D eigenvalue weighted by atomic mass is 10.1. The van der Waals surface area contributed by atoms with Crippen LogP contribution in [0.5, 0.6) is 0 Å². The SMILES string of the molecule is NC(N)=Nc1nc(-c2cccc(CNC(=O)CCCCC3CCSS3)n2)cs1. The first kappa shape index (κ1) is 20.9. The van der Waals surface area contributed by atoms with Gasteiger partial charge in [0.25, 0.3) is 0 Å². The fraction of sp³-hybridized carbons (Fsp3) is 0.444. The van der Waals surface area contributed by atoms with Gasteiger partial charge in [0.2, 0.25) is 11.0 Å². The highest BCUT2D eigenvalue weighted by molar-refractivity contribution is 8.77. The van der Waals surface area contributed by atoms with E-state index in [0.29, 0.717) is 23.8 Å². The summed E-state index contributed by atoms with van der Waals surface area (Å²) in [5, 5.41) is 6.08. The summed E-state index contributed by atoms with van der Waals surface area (Å²) < 4.78 is 0. The molecule has 2 aromatic heterocycles. The largest absolute Gasteiger partial charge is 0.370 e. The van der Waals surface area contributed by atoms with Gasteiger partial charge in [-0.05, 0) is 31.4 Å². The molecule has 7 nitrogen and oxygen atoms in total. The fourth-order valence-corrected chi connectivity index (χ4v) is 6.49. The number of rotatable bonds is 9. The number of carbonyl (C=O) groups excluding carboxylic acids is 1. The van der Waals surface area contributed by atoms with Crippen molar-refractivity contribution in [2.24, 2.45) is 16.5 Å². The number of aliphatic imine (C=N–C) groups is 1. The molecule has 0 radical (unpaired) electrons. The van der Waals surface area contributed by atoms with E-state index in [1.54, 1.807) is 0 Å². The maximum absolute atomic E-state index is 12.1. The van der Waals surface area contributed by atoms with Gasteiger partial charge in [0.05, 0.1) is 17.9 Å². The van der Waals surface area contributed by atoms with Gasteiger partial charge in [-0.15, -0.1) is 11.3 Å². The van der Waals surface area contributed by atoms with Crippen LogP contribution in [0.4, 0.5) is 5.13 Å². The van der Waals surface area contributed by atoms with Crippen molar-refractivity contribution in [3.63, 3.8) is 0 Å². The van der Waals surface area contributed by atoms with E-state index in [1.165, 1.54) is 29.9 Å². The number of carbonyl (C=O) groups is 1. The fourth-order valence-electron chi connectivity index (χ4n) is 2.76. The Labute approximate surface area is 176 Å². The number of nitrogens with two attached hydrogens (primary N) is 2. The Kier molecular flexibility index (Phi) is 7.99. The number of nitrogens with zero attached hydrogens (tertiary/aromatic N) is 3. The molecule has 2 aromatic rings. The Balaban J connectivity index is 1.44. The van der Waals surface area contributed by atoms with E-state index < -0.39 is 0 Å². The number of hydrogen-bond donors (Lipinski definition) is 3. The van der Waals surface area contributed by atoms with Crippen molar-refractivity contribution in [3.05, 3.63) is 29.3 Å². The smallest absolute Gasteiger partial charge is 0.220 e. The van der Waals surface area contributed by atoms with Crippen LogP contribution in [0, 0.1) is 0 Å². The lowest BCUT2D eigenvalue weighted by molar-refractivity contribution is -0.121. The van der Waals surface area contributed by atoms with Crippen LogP contribution >= 0.6 is 32.9 Å². The third-order valence-electron chi connectivity index (χ3n) is 4.16. The Morgan fingerprint density at radius 1 is 1.25 bits per heavy atom. The highest BCUT2D eigenvalue weighted by Gasteiger charge is 2.15.